The smallest absolute Gasteiger partial charge is 0.420 e. The van der Waals surface area contributed by atoms with Crippen LogP contribution in [-0.2, 0) is 4.74 Å². The van der Waals surface area contributed by atoms with Gasteiger partial charge in [0.15, 0.2) is 5.65 Å². The van der Waals surface area contributed by atoms with E-state index in [0.29, 0.717) is 5.65 Å². The van der Waals surface area contributed by atoms with Crippen molar-refractivity contribution in [3.8, 4) is 0 Å². The van der Waals surface area contributed by atoms with Crippen molar-refractivity contribution < 1.29 is 9.53 Å². The number of carbonyl (C=O) groups excluding carboxylic acids is 1. The minimum absolute atomic E-state index is 0.423. The van der Waals surface area contributed by atoms with Crippen LogP contribution < -0.4 is 5.32 Å². The molecule has 0 amide bonds. The quantitative estimate of drug-likeness (QED) is 0.841. The van der Waals surface area contributed by atoms with Crippen LogP contribution in [0.15, 0.2) is 24.5 Å². The van der Waals surface area contributed by atoms with E-state index in [4.69, 9.17) is 4.74 Å². The highest BCUT2D eigenvalue weighted by Gasteiger charge is 2.20. The molecule has 0 saturated carbocycles. The van der Waals surface area contributed by atoms with E-state index in [1.165, 1.54) is 4.57 Å². The first-order valence-electron chi connectivity index (χ1n) is 5.79. The Morgan fingerprint density at radius 2 is 2.17 bits per heavy atom. The standard InChI is InChI=1S/C13H17N3O2/c1-13(2,3)18-12(17)16-8-10(14-4)9-6-5-7-15-11(9)16/h5-8,14H,1-4H3. The van der Waals surface area contributed by atoms with Crippen molar-refractivity contribution in [3.05, 3.63) is 24.5 Å². The van der Waals surface area contributed by atoms with Crippen LogP contribution in [0, 0.1) is 0 Å². The summed E-state index contributed by atoms with van der Waals surface area (Å²) in [6.07, 6.45) is 2.93. The fourth-order valence-corrected chi connectivity index (χ4v) is 1.71. The Hall–Kier alpha value is -2.04. The molecule has 0 aromatic carbocycles. The number of pyridine rings is 1. The van der Waals surface area contributed by atoms with Crippen LogP contribution in [-0.4, -0.2) is 28.3 Å². The maximum atomic E-state index is 12.1. The number of carbonyl (C=O) groups is 1. The van der Waals surface area contributed by atoms with Gasteiger partial charge in [-0.1, -0.05) is 0 Å². The minimum atomic E-state index is -0.526. The molecule has 2 rings (SSSR count). The normalized spacial score (nSPS) is 11.6. The summed E-state index contributed by atoms with van der Waals surface area (Å²) in [6.45, 7) is 5.51. The van der Waals surface area contributed by atoms with E-state index in [1.54, 1.807) is 19.4 Å². The van der Waals surface area contributed by atoms with Gasteiger partial charge in [-0.2, -0.15) is 0 Å². The number of hydrogen-bond acceptors (Lipinski definition) is 4. The Bertz CT molecular complexity index is 581. The second-order valence-electron chi connectivity index (χ2n) is 5.02. The molecule has 0 aliphatic heterocycles. The van der Waals surface area contributed by atoms with Crippen LogP contribution in [0.5, 0.6) is 0 Å². The first kappa shape index (κ1) is 12.4. The molecule has 0 fully saturated rings. The van der Waals surface area contributed by atoms with Crippen molar-refractivity contribution in [1.82, 2.24) is 9.55 Å². The van der Waals surface area contributed by atoms with Crippen LogP contribution >= 0.6 is 0 Å². The molecule has 0 saturated heterocycles. The fourth-order valence-electron chi connectivity index (χ4n) is 1.71. The van der Waals surface area contributed by atoms with Gasteiger partial charge in [-0.15, -0.1) is 0 Å². The molecule has 2 aromatic rings. The lowest BCUT2D eigenvalue weighted by Gasteiger charge is -2.19. The average molecular weight is 247 g/mol. The first-order chi connectivity index (χ1) is 8.42. The van der Waals surface area contributed by atoms with Crippen LogP contribution in [0.1, 0.15) is 20.8 Å². The fraction of sp³-hybridized carbons (Fsp3) is 0.385. The highest BCUT2D eigenvalue weighted by molar-refractivity contribution is 5.96. The van der Waals surface area contributed by atoms with E-state index >= 15 is 0 Å². The zero-order valence-electron chi connectivity index (χ0n) is 11.0. The summed E-state index contributed by atoms with van der Waals surface area (Å²) in [4.78, 5) is 16.3. The number of anilines is 1. The largest absolute Gasteiger partial charge is 0.443 e. The molecule has 18 heavy (non-hydrogen) atoms. The molecular weight excluding hydrogens is 230 g/mol. The lowest BCUT2D eigenvalue weighted by atomic mass is 10.2. The number of hydrogen-bond donors (Lipinski definition) is 1. The van der Waals surface area contributed by atoms with Gasteiger partial charge in [0.2, 0.25) is 0 Å². The molecule has 0 spiro atoms. The average Bonchev–Trinajstić information content (AvgIpc) is 2.65. The third-order valence-electron chi connectivity index (χ3n) is 2.42. The highest BCUT2D eigenvalue weighted by atomic mass is 16.6. The van der Waals surface area contributed by atoms with Gasteiger partial charge in [0.1, 0.15) is 5.60 Å². The summed E-state index contributed by atoms with van der Waals surface area (Å²) in [5.41, 5.74) is 0.919. The maximum absolute atomic E-state index is 12.1. The van der Waals surface area contributed by atoms with Crippen molar-refractivity contribution in [2.75, 3.05) is 12.4 Å². The Labute approximate surface area is 106 Å². The van der Waals surface area contributed by atoms with Gasteiger partial charge in [0.25, 0.3) is 0 Å². The molecule has 1 N–H and O–H groups in total. The molecule has 96 valence electrons. The first-order valence-corrected chi connectivity index (χ1v) is 5.79. The van der Waals surface area contributed by atoms with Gasteiger partial charge in [0.05, 0.1) is 5.69 Å². The van der Waals surface area contributed by atoms with Gasteiger partial charge < -0.3 is 10.1 Å². The van der Waals surface area contributed by atoms with E-state index in [0.717, 1.165) is 11.1 Å². The molecule has 0 bridgehead atoms. The van der Waals surface area contributed by atoms with Crippen LogP contribution in [0.3, 0.4) is 0 Å². The molecule has 0 aliphatic rings. The van der Waals surface area contributed by atoms with E-state index < -0.39 is 11.7 Å². The number of rotatable bonds is 1. The van der Waals surface area contributed by atoms with Crippen LogP contribution in [0.25, 0.3) is 11.0 Å². The molecule has 0 unspecified atom stereocenters. The molecule has 0 atom stereocenters. The molecule has 0 aliphatic carbocycles. The van der Waals surface area contributed by atoms with E-state index in [9.17, 15) is 4.79 Å². The molecule has 0 radical (unpaired) electrons. The summed E-state index contributed by atoms with van der Waals surface area (Å²) in [6, 6.07) is 3.75. The van der Waals surface area contributed by atoms with Gasteiger partial charge in [-0.05, 0) is 32.9 Å². The summed E-state index contributed by atoms with van der Waals surface area (Å²) in [5, 5.41) is 3.93. The zero-order valence-corrected chi connectivity index (χ0v) is 11.0. The van der Waals surface area contributed by atoms with Crippen molar-refractivity contribution >= 4 is 22.8 Å². The van der Waals surface area contributed by atoms with Crippen molar-refractivity contribution in [1.29, 1.82) is 0 Å². The second kappa shape index (κ2) is 4.33. The predicted octanol–water partition coefficient (Wildman–Crippen LogP) is 2.86. The number of nitrogens with zero attached hydrogens (tertiary/aromatic N) is 2. The van der Waals surface area contributed by atoms with Crippen LogP contribution in [0.4, 0.5) is 10.5 Å². The SMILES string of the molecule is CNc1cn(C(=O)OC(C)(C)C)c2ncccc12. The van der Waals surface area contributed by atoms with Gasteiger partial charge in [-0.25, -0.2) is 14.3 Å². The van der Waals surface area contributed by atoms with E-state index in [2.05, 4.69) is 10.3 Å². The molecular formula is C13H17N3O2. The molecule has 5 nitrogen and oxygen atoms in total. The lowest BCUT2D eigenvalue weighted by molar-refractivity contribution is 0.0544. The highest BCUT2D eigenvalue weighted by Crippen LogP contribution is 2.24. The third-order valence-corrected chi connectivity index (χ3v) is 2.42. The van der Waals surface area contributed by atoms with Gasteiger partial charge >= 0.3 is 6.09 Å². The maximum Gasteiger partial charge on any atom is 0.420 e. The minimum Gasteiger partial charge on any atom is -0.443 e. The molecule has 2 heterocycles. The third kappa shape index (κ3) is 2.30. The molecule has 2 aromatic heterocycles. The van der Waals surface area contributed by atoms with Gasteiger partial charge in [-0.3, -0.25) is 0 Å². The summed E-state index contributed by atoms with van der Waals surface area (Å²) < 4.78 is 6.77. The topological polar surface area (TPSA) is 56.2 Å². The van der Waals surface area contributed by atoms with Crippen molar-refractivity contribution in [2.45, 2.75) is 26.4 Å². The Morgan fingerprint density at radius 1 is 1.44 bits per heavy atom. The predicted molar refractivity (Wildman–Crippen MR) is 70.9 cm³/mol. The van der Waals surface area contributed by atoms with Crippen molar-refractivity contribution in [2.24, 2.45) is 0 Å². The van der Waals surface area contributed by atoms with E-state index in [1.807, 2.05) is 32.9 Å². The second-order valence-corrected chi connectivity index (χ2v) is 5.02. The number of aromatic nitrogens is 2. The molecule has 5 heteroatoms. The Kier molecular flexibility index (Phi) is 2.98. The Balaban J connectivity index is 2.48. The van der Waals surface area contributed by atoms with Gasteiger partial charge in [0, 0.05) is 24.8 Å². The Morgan fingerprint density at radius 3 is 2.78 bits per heavy atom. The summed E-state index contributed by atoms with van der Waals surface area (Å²) in [7, 11) is 1.81. The monoisotopic (exact) mass is 247 g/mol. The number of fused-ring (bicyclic) bond motifs is 1. The summed E-state index contributed by atoms with van der Waals surface area (Å²) in [5.74, 6) is 0. The van der Waals surface area contributed by atoms with Crippen molar-refractivity contribution in [3.63, 3.8) is 0 Å². The lowest BCUT2D eigenvalue weighted by Crippen LogP contribution is -2.26. The zero-order chi connectivity index (χ0) is 13.3. The van der Waals surface area contributed by atoms with E-state index in [-0.39, 0.29) is 0 Å². The number of nitrogens with one attached hydrogen (secondary N) is 1. The number of ether oxygens (including phenoxy) is 1. The summed E-state index contributed by atoms with van der Waals surface area (Å²) >= 11 is 0. The van der Waals surface area contributed by atoms with Crippen LogP contribution in [0.2, 0.25) is 0 Å².